The Morgan fingerprint density at radius 2 is 1.29 bits per heavy atom. The normalized spacial score (nSPS) is 18.0. The fraction of sp³-hybridized carbons (Fsp3) is 0.429. The van der Waals surface area contributed by atoms with Crippen LogP contribution >= 0.6 is 70.6 Å². The van der Waals surface area contributed by atoms with Gasteiger partial charge in [-0.05, 0) is 24.3 Å². The number of fused-ring (bicyclic) bond motifs is 1. The van der Waals surface area contributed by atoms with E-state index < -0.39 is 0 Å². The summed E-state index contributed by atoms with van der Waals surface area (Å²) in [6, 6.07) is 0. The first-order valence-corrected chi connectivity index (χ1v) is 12.2. The van der Waals surface area contributed by atoms with Gasteiger partial charge in [-0.25, -0.2) is 0 Å². The summed E-state index contributed by atoms with van der Waals surface area (Å²) in [5, 5.41) is 0. The van der Waals surface area contributed by atoms with Crippen molar-refractivity contribution in [3.8, 4) is 0 Å². The summed E-state index contributed by atoms with van der Waals surface area (Å²) in [5.41, 5.74) is 0. The molecular weight excluding hydrogens is 375 g/mol. The molecule has 0 aliphatic carbocycles. The fourth-order valence-electron chi connectivity index (χ4n) is 1.72. The highest BCUT2D eigenvalue weighted by Gasteiger charge is 2.29. The molecule has 1 nitrogen and oxygen atoms in total. The molecule has 1 aromatic heterocycles. The molecule has 0 spiro atoms. The van der Waals surface area contributed by atoms with E-state index >= 15 is 0 Å². The number of hydrogen-bond acceptors (Lipinski definition) is 6. The minimum atomic E-state index is 1.22. The quantitative estimate of drug-likeness (QED) is 0.546. The summed E-state index contributed by atoms with van der Waals surface area (Å²) < 4.78 is 6.01. The van der Waals surface area contributed by atoms with E-state index in [9.17, 15) is 0 Å². The van der Waals surface area contributed by atoms with Crippen LogP contribution in [0.25, 0.3) is 0 Å². The Kier molecular flexibility index (Phi) is 6.45. The molecule has 0 bridgehead atoms. The molecule has 0 unspecified atom stereocenters. The van der Waals surface area contributed by atoms with Gasteiger partial charge in [0.2, 0.25) is 0 Å². The van der Waals surface area contributed by atoms with E-state index in [1.807, 2.05) is 70.6 Å². The molecule has 0 saturated heterocycles. The number of H-pyrrole nitrogens is 1. The van der Waals surface area contributed by atoms with Crippen LogP contribution in [0.2, 0.25) is 0 Å². The minimum Gasteiger partial charge on any atom is -0.366 e. The smallest absolute Gasteiger partial charge is 0.0717 e. The molecule has 0 aromatic carbocycles. The average molecular weight is 392 g/mol. The molecule has 1 N–H and O–H groups in total. The molecule has 0 amide bonds. The third-order valence-electron chi connectivity index (χ3n) is 2.66. The van der Waals surface area contributed by atoms with Gasteiger partial charge in [0, 0.05) is 22.2 Å². The Balaban J connectivity index is 1.72. The topological polar surface area (TPSA) is 15.8 Å². The Morgan fingerprint density at radius 3 is 1.76 bits per heavy atom. The van der Waals surface area contributed by atoms with E-state index in [0.717, 1.165) is 0 Å². The van der Waals surface area contributed by atoms with Crippen molar-refractivity contribution >= 4 is 70.6 Å². The molecule has 114 valence electrons. The summed E-state index contributed by atoms with van der Waals surface area (Å²) in [4.78, 5) is 5.94. The predicted octanol–water partition coefficient (Wildman–Crippen LogP) is 7.23. The van der Waals surface area contributed by atoms with Crippen LogP contribution in [-0.2, 0) is 0 Å². The highest BCUT2D eigenvalue weighted by Crippen LogP contribution is 2.64. The summed E-state index contributed by atoms with van der Waals surface area (Å²) in [6.45, 7) is 4.52. The van der Waals surface area contributed by atoms with Crippen molar-refractivity contribution in [1.82, 2.24) is 4.98 Å². The van der Waals surface area contributed by atoms with Gasteiger partial charge in [-0.3, -0.25) is 0 Å². The Bertz CT molecular complexity index is 529. The number of aromatic nitrogens is 1. The molecule has 1 aromatic rings. The van der Waals surface area contributed by atoms with Crippen LogP contribution in [0.5, 0.6) is 0 Å². The Morgan fingerprint density at radius 1 is 0.810 bits per heavy atom. The zero-order valence-electron chi connectivity index (χ0n) is 11.9. The van der Waals surface area contributed by atoms with Crippen molar-refractivity contribution in [2.24, 2.45) is 0 Å². The molecule has 2 aliphatic heterocycles. The zero-order chi connectivity index (χ0) is 14.7. The van der Waals surface area contributed by atoms with E-state index in [-0.39, 0.29) is 0 Å². The monoisotopic (exact) mass is 391 g/mol. The van der Waals surface area contributed by atoms with Crippen molar-refractivity contribution in [2.45, 2.75) is 36.5 Å². The van der Waals surface area contributed by atoms with Gasteiger partial charge < -0.3 is 4.98 Å². The van der Waals surface area contributed by atoms with Crippen LogP contribution in [-0.4, -0.2) is 16.5 Å². The first-order valence-electron chi connectivity index (χ1n) is 6.94. The zero-order valence-corrected chi connectivity index (χ0v) is 16.8. The van der Waals surface area contributed by atoms with Crippen molar-refractivity contribution in [3.05, 3.63) is 29.3 Å². The first kappa shape index (κ1) is 16.7. The van der Waals surface area contributed by atoms with E-state index in [1.165, 1.54) is 51.1 Å². The second-order valence-corrected chi connectivity index (χ2v) is 11.8. The summed E-state index contributed by atoms with van der Waals surface area (Å²) in [5.74, 6) is 2.45. The molecule has 0 fully saturated rings. The maximum Gasteiger partial charge on any atom is 0.0717 e. The lowest BCUT2D eigenvalue weighted by atomic mass is 10.6. The highest BCUT2D eigenvalue weighted by molar-refractivity contribution is 8.42. The maximum absolute atomic E-state index is 3.19. The van der Waals surface area contributed by atoms with Crippen molar-refractivity contribution in [2.75, 3.05) is 11.5 Å². The van der Waals surface area contributed by atoms with Crippen LogP contribution in [0.15, 0.2) is 39.1 Å². The van der Waals surface area contributed by atoms with Crippen LogP contribution < -0.4 is 0 Å². The van der Waals surface area contributed by atoms with Gasteiger partial charge in [0.1, 0.15) is 0 Å². The first-order chi connectivity index (χ1) is 10.3. The Hall–Kier alpha value is 0.860. The van der Waals surface area contributed by atoms with Crippen molar-refractivity contribution in [3.63, 3.8) is 0 Å². The minimum absolute atomic E-state index is 1.22. The van der Waals surface area contributed by atoms with Crippen LogP contribution in [0, 0.1) is 0 Å². The number of rotatable bonds is 6. The average Bonchev–Trinajstić information content (AvgIpc) is 3.16. The maximum atomic E-state index is 3.19. The molecule has 0 atom stereocenters. The lowest BCUT2D eigenvalue weighted by Gasteiger charge is -2.02. The van der Waals surface area contributed by atoms with Gasteiger partial charge in [-0.15, -0.1) is 23.5 Å². The molecule has 3 heterocycles. The molecule has 7 heteroatoms. The van der Waals surface area contributed by atoms with Gasteiger partial charge in [0.05, 0.1) is 16.9 Å². The lowest BCUT2D eigenvalue weighted by molar-refractivity contribution is 1.11. The van der Waals surface area contributed by atoms with Gasteiger partial charge in [0.25, 0.3) is 0 Å². The summed E-state index contributed by atoms with van der Waals surface area (Å²) in [7, 11) is 0. The molecular formula is C14H17NS6. The van der Waals surface area contributed by atoms with E-state index in [0.29, 0.717) is 0 Å². The SMILES string of the molecule is CCCSC1=C(SCCC)SC(=C2Sc3c[nH]cc3S2)S1. The molecule has 0 saturated carbocycles. The highest BCUT2D eigenvalue weighted by atomic mass is 32.3. The molecule has 0 radical (unpaired) electrons. The van der Waals surface area contributed by atoms with E-state index in [2.05, 4.69) is 31.2 Å². The van der Waals surface area contributed by atoms with Gasteiger partial charge >= 0.3 is 0 Å². The Labute approximate surface area is 152 Å². The van der Waals surface area contributed by atoms with E-state index in [4.69, 9.17) is 0 Å². The second-order valence-electron chi connectivity index (χ2n) is 4.44. The standard InChI is InChI=1S/C14H17NS6/c1-3-5-16-11-12(17-6-4-2)21-14(20-11)13-18-9-7-15-8-10(9)19-13/h7-8,15H,3-6H2,1-2H3. The molecule has 2 aliphatic rings. The summed E-state index contributed by atoms with van der Waals surface area (Å²) >= 11 is 11.9. The number of hydrogen-bond donors (Lipinski definition) is 1. The van der Waals surface area contributed by atoms with Gasteiger partial charge in [0.15, 0.2) is 0 Å². The molecule has 3 rings (SSSR count). The number of aromatic amines is 1. The van der Waals surface area contributed by atoms with Crippen molar-refractivity contribution in [1.29, 1.82) is 0 Å². The van der Waals surface area contributed by atoms with Crippen LogP contribution in [0.4, 0.5) is 0 Å². The third-order valence-corrected chi connectivity index (χ3v) is 11.6. The van der Waals surface area contributed by atoms with Crippen LogP contribution in [0.1, 0.15) is 26.7 Å². The van der Waals surface area contributed by atoms with E-state index in [1.54, 1.807) is 0 Å². The third kappa shape index (κ3) is 4.04. The second kappa shape index (κ2) is 8.11. The summed E-state index contributed by atoms with van der Waals surface area (Å²) in [6.07, 6.45) is 6.70. The lowest BCUT2D eigenvalue weighted by Crippen LogP contribution is -1.77. The number of nitrogens with one attached hydrogen (secondary N) is 1. The molecule has 21 heavy (non-hydrogen) atoms. The predicted molar refractivity (Wildman–Crippen MR) is 107 cm³/mol. The fourth-order valence-corrected chi connectivity index (χ4v) is 10.2. The van der Waals surface area contributed by atoms with Gasteiger partial charge in [-0.1, -0.05) is 60.9 Å². The number of thioether (sulfide) groups is 6. The largest absolute Gasteiger partial charge is 0.366 e. The van der Waals surface area contributed by atoms with Crippen molar-refractivity contribution < 1.29 is 0 Å². The van der Waals surface area contributed by atoms with Gasteiger partial charge in [-0.2, -0.15) is 0 Å². The van der Waals surface area contributed by atoms with Crippen LogP contribution in [0.3, 0.4) is 0 Å².